The van der Waals surface area contributed by atoms with Crippen molar-refractivity contribution in [3.63, 3.8) is 0 Å². The molecule has 7 nitrogen and oxygen atoms in total. The van der Waals surface area contributed by atoms with E-state index in [-0.39, 0.29) is 30.3 Å². The number of carboxylic acid groups (broad SMARTS) is 1. The lowest BCUT2D eigenvalue weighted by molar-refractivity contribution is -0.137. The molecule has 1 heterocycles. The molecule has 0 aromatic rings. The van der Waals surface area contributed by atoms with E-state index in [2.05, 4.69) is 5.32 Å². The summed E-state index contributed by atoms with van der Waals surface area (Å²) in [5, 5.41) is 11.5. The molecule has 1 unspecified atom stereocenters. The van der Waals surface area contributed by atoms with E-state index in [4.69, 9.17) is 5.11 Å². The fraction of sp³-hybridized carbons (Fsp3) is 0.786. The van der Waals surface area contributed by atoms with Gasteiger partial charge in [0, 0.05) is 45.6 Å². The first kappa shape index (κ1) is 17.3. The molecule has 0 aromatic carbocycles. The molecule has 1 fully saturated rings. The summed E-state index contributed by atoms with van der Waals surface area (Å²) < 4.78 is 0. The molecule has 1 saturated heterocycles. The molecule has 0 radical (unpaired) electrons. The predicted molar refractivity (Wildman–Crippen MR) is 77.9 cm³/mol. The van der Waals surface area contributed by atoms with Crippen molar-refractivity contribution in [1.82, 2.24) is 15.1 Å². The maximum atomic E-state index is 12.1. The van der Waals surface area contributed by atoms with E-state index in [0.717, 1.165) is 0 Å². The normalized spacial score (nSPS) is 17.2. The van der Waals surface area contributed by atoms with Gasteiger partial charge in [-0.3, -0.25) is 9.59 Å². The number of hydrogen-bond donors (Lipinski definition) is 2. The maximum Gasteiger partial charge on any atom is 0.319 e. The highest BCUT2D eigenvalue weighted by molar-refractivity contribution is 5.80. The van der Waals surface area contributed by atoms with Crippen LogP contribution in [0.5, 0.6) is 0 Å². The van der Waals surface area contributed by atoms with Crippen LogP contribution >= 0.6 is 0 Å². The minimum atomic E-state index is -0.855. The summed E-state index contributed by atoms with van der Waals surface area (Å²) >= 11 is 0. The number of nitrogens with one attached hydrogen (secondary N) is 1. The van der Waals surface area contributed by atoms with E-state index in [1.165, 1.54) is 4.90 Å². The summed E-state index contributed by atoms with van der Waals surface area (Å²) in [5.41, 5.74) is 0. The van der Waals surface area contributed by atoms with Gasteiger partial charge >= 0.3 is 12.0 Å². The summed E-state index contributed by atoms with van der Waals surface area (Å²) in [6.45, 7) is 2.97. The number of carbonyl (C=O) groups is 3. The number of urea groups is 1. The lowest BCUT2D eigenvalue weighted by Gasteiger charge is -2.33. The lowest BCUT2D eigenvalue weighted by atomic mass is 9.95. The van der Waals surface area contributed by atoms with Gasteiger partial charge < -0.3 is 20.2 Å². The molecule has 1 rings (SSSR count). The Morgan fingerprint density at radius 3 is 2.33 bits per heavy atom. The summed E-state index contributed by atoms with van der Waals surface area (Å²) in [5.74, 6) is -0.986. The Bertz CT molecular complexity index is 390. The van der Waals surface area contributed by atoms with Crippen LogP contribution in [0.2, 0.25) is 0 Å². The molecule has 1 aliphatic heterocycles. The SMILES string of the molecule is CC(CCC(=O)O)NC(=O)C1CCN(C(=O)N(C)C)CC1. The first-order valence-corrected chi connectivity index (χ1v) is 7.29. The van der Waals surface area contributed by atoms with Gasteiger partial charge in [-0.1, -0.05) is 0 Å². The summed E-state index contributed by atoms with van der Waals surface area (Å²) in [7, 11) is 3.43. The highest BCUT2D eigenvalue weighted by Gasteiger charge is 2.28. The van der Waals surface area contributed by atoms with Gasteiger partial charge in [0.25, 0.3) is 0 Å². The zero-order chi connectivity index (χ0) is 16.0. The van der Waals surface area contributed by atoms with Crippen molar-refractivity contribution in [3.8, 4) is 0 Å². The van der Waals surface area contributed by atoms with Crippen LogP contribution in [-0.4, -0.2) is 66.0 Å². The van der Waals surface area contributed by atoms with Gasteiger partial charge in [0.05, 0.1) is 0 Å². The van der Waals surface area contributed by atoms with Crippen LogP contribution in [-0.2, 0) is 9.59 Å². The number of piperidine rings is 1. The van der Waals surface area contributed by atoms with Crippen LogP contribution in [0.4, 0.5) is 4.79 Å². The van der Waals surface area contributed by atoms with Crippen molar-refractivity contribution < 1.29 is 19.5 Å². The van der Waals surface area contributed by atoms with E-state index in [1.807, 2.05) is 6.92 Å². The molecular formula is C14H25N3O4. The highest BCUT2D eigenvalue weighted by Crippen LogP contribution is 2.18. The second kappa shape index (κ2) is 7.85. The smallest absolute Gasteiger partial charge is 0.319 e. The zero-order valence-corrected chi connectivity index (χ0v) is 13.0. The summed E-state index contributed by atoms with van der Waals surface area (Å²) in [4.78, 5) is 37.7. The Balaban J connectivity index is 2.35. The number of carbonyl (C=O) groups excluding carboxylic acids is 2. The molecular weight excluding hydrogens is 274 g/mol. The van der Waals surface area contributed by atoms with Gasteiger partial charge in [-0.15, -0.1) is 0 Å². The number of nitrogens with zero attached hydrogens (tertiary/aromatic N) is 2. The average Bonchev–Trinajstić information content (AvgIpc) is 2.44. The third-order valence-electron chi connectivity index (χ3n) is 3.70. The fourth-order valence-electron chi connectivity index (χ4n) is 2.39. The standard InChI is InChI=1S/C14H25N3O4/c1-10(4-5-12(18)19)15-13(20)11-6-8-17(9-7-11)14(21)16(2)3/h10-11H,4-9H2,1-3H3,(H,15,20)(H,18,19). The molecule has 3 amide bonds. The molecule has 7 heteroatoms. The quantitative estimate of drug-likeness (QED) is 0.784. The Hall–Kier alpha value is -1.79. The van der Waals surface area contributed by atoms with Crippen LogP contribution in [0.25, 0.3) is 0 Å². The summed E-state index contributed by atoms with van der Waals surface area (Å²) in [6, 6.07) is -0.168. The molecule has 1 atom stereocenters. The number of aliphatic carboxylic acids is 1. The van der Waals surface area contributed by atoms with Crippen molar-refractivity contribution in [3.05, 3.63) is 0 Å². The third-order valence-corrected chi connectivity index (χ3v) is 3.70. The molecule has 2 N–H and O–H groups in total. The van der Waals surface area contributed by atoms with Gasteiger partial charge in [0.1, 0.15) is 0 Å². The number of rotatable bonds is 5. The first-order chi connectivity index (χ1) is 9.81. The lowest BCUT2D eigenvalue weighted by Crippen LogP contribution is -2.47. The van der Waals surface area contributed by atoms with Crippen molar-refractivity contribution in [2.24, 2.45) is 5.92 Å². The number of amides is 3. The molecule has 21 heavy (non-hydrogen) atoms. The van der Waals surface area contributed by atoms with Crippen LogP contribution in [0.15, 0.2) is 0 Å². The van der Waals surface area contributed by atoms with E-state index in [0.29, 0.717) is 32.4 Å². The van der Waals surface area contributed by atoms with Gasteiger partial charge in [-0.2, -0.15) is 0 Å². The van der Waals surface area contributed by atoms with Crippen LogP contribution in [0, 0.1) is 5.92 Å². The monoisotopic (exact) mass is 299 g/mol. The van der Waals surface area contributed by atoms with Gasteiger partial charge in [-0.05, 0) is 26.2 Å². The maximum absolute atomic E-state index is 12.1. The highest BCUT2D eigenvalue weighted by atomic mass is 16.4. The fourth-order valence-corrected chi connectivity index (χ4v) is 2.39. The first-order valence-electron chi connectivity index (χ1n) is 7.29. The molecule has 0 saturated carbocycles. The molecule has 0 aliphatic carbocycles. The van der Waals surface area contributed by atoms with E-state index >= 15 is 0 Å². The van der Waals surface area contributed by atoms with Gasteiger partial charge in [0.15, 0.2) is 0 Å². The van der Waals surface area contributed by atoms with Gasteiger partial charge in [0.2, 0.25) is 5.91 Å². The van der Waals surface area contributed by atoms with Crippen molar-refractivity contribution in [2.45, 2.75) is 38.6 Å². The van der Waals surface area contributed by atoms with Crippen LogP contribution < -0.4 is 5.32 Å². The predicted octanol–water partition coefficient (Wildman–Crippen LogP) is 0.750. The minimum absolute atomic E-state index is 0.0244. The number of likely N-dealkylation sites (tertiary alicyclic amines) is 1. The third kappa shape index (κ3) is 5.61. The van der Waals surface area contributed by atoms with Gasteiger partial charge in [-0.25, -0.2) is 4.79 Å². The Labute approximate surface area is 125 Å². The average molecular weight is 299 g/mol. The van der Waals surface area contributed by atoms with Crippen molar-refractivity contribution in [1.29, 1.82) is 0 Å². The Kier molecular flexibility index (Phi) is 6.45. The topological polar surface area (TPSA) is 90.0 Å². The van der Waals surface area contributed by atoms with Crippen LogP contribution in [0.3, 0.4) is 0 Å². The largest absolute Gasteiger partial charge is 0.481 e. The Morgan fingerprint density at radius 1 is 1.29 bits per heavy atom. The molecule has 1 aliphatic rings. The van der Waals surface area contributed by atoms with Crippen molar-refractivity contribution in [2.75, 3.05) is 27.2 Å². The van der Waals surface area contributed by atoms with E-state index < -0.39 is 5.97 Å². The molecule has 0 spiro atoms. The minimum Gasteiger partial charge on any atom is -0.481 e. The zero-order valence-electron chi connectivity index (χ0n) is 13.0. The van der Waals surface area contributed by atoms with E-state index in [9.17, 15) is 14.4 Å². The number of carboxylic acids is 1. The molecule has 0 bridgehead atoms. The molecule has 0 aromatic heterocycles. The van der Waals surface area contributed by atoms with Crippen molar-refractivity contribution >= 4 is 17.9 Å². The number of hydrogen-bond acceptors (Lipinski definition) is 3. The second-order valence-corrected chi connectivity index (χ2v) is 5.78. The second-order valence-electron chi connectivity index (χ2n) is 5.78. The molecule has 120 valence electrons. The Morgan fingerprint density at radius 2 is 1.86 bits per heavy atom. The summed E-state index contributed by atoms with van der Waals surface area (Å²) in [6.07, 6.45) is 1.78. The van der Waals surface area contributed by atoms with Crippen LogP contribution in [0.1, 0.15) is 32.6 Å². The van der Waals surface area contributed by atoms with E-state index in [1.54, 1.807) is 19.0 Å².